The van der Waals surface area contributed by atoms with E-state index in [0.29, 0.717) is 6.42 Å². The fourth-order valence-electron chi connectivity index (χ4n) is 1.57. The zero-order valence-corrected chi connectivity index (χ0v) is 9.45. The Labute approximate surface area is 92.4 Å². The van der Waals surface area contributed by atoms with Crippen LogP contribution in [0.3, 0.4) is 0 Å². The van der Waals surface area contributed by atoms with Gasteiger partial charge in [0.15, 0.2) is 0 Å². The van der Waals surface area contributed by atoms with E-state index in [9.17, 15) is 0 Å². The molecule has 0 saturated carbocycles. The SMILES string of the molecule is Cc1c(CC#N)cc(S)c2ccsc12. The molecular weight excluding hydrogens is 210 g/mol. The van der Waals surface area contributed by atoms with Crippen LogP contribution >= 0.6 is 24.0 Å². The average Bonchev–Trinajstić information content (AvgIpc) is 2.63. The standard InChI is InChI=1S/C11H9NS2/c1-7-8(2-4-12)6-10(13)9-3-5-14-11(7)9/h3,5-6,13H,2H2,1H3. The summed E-state index contributed by atoms with van der Waals surface area (Å²) in [4.78, 5) is 0.970. The van der Waals surface area contributed by atoms with E-state index in [0.717, 1.165) is 10.5 Å². The molecule has 0 aliphatic rings. The van der Waals surface area contributed by atoms with Crippen molar-refractivity contribution in [1.29, 1.82) is 5.26 Å². The van der Waals surface area contributed by atoms with Gasteiger partial charge in [0.05, 0.1) is 12.5 Å². The van der Waals surface area contributed by atoms with Gasteiger partial charge in [0.2, 0.25) is 0 Å². The number of rotatable bonds is 1. The topological polar surface area (TPSA) is 23.8 Å². The number of hydrogen-bond donors (Lipinski definition) is 1. The normalized spacial score (nSPS) is 10.4. The molecule has 0 atom stereocenters. The molecule has 2 aromatic rings. The lowest BCUT2D eigenvalue weighted by Gasteiger charge is -2.05. The Morgan fingerprint density at radius 1 is 1.57 bits per heavy atom. The molecule has 0 aliphatic carbocycles. The second-order valence-corrected chi connectivity index (χ2v) is 4.58. The maximum atomic E-state index is 8.69. The van der Waals surface area contributed by atoms with Crippen molar-refractivity contribution < 1.29 is 0 Å². The maximum Gasteiger partial charge on any atom is 0.0669 e. The van der Waals surface area contributed by atoms with E-state index in [2.05, 4.69) is 37.1 Å². The smallest absolute Gasteiger partial charge is 0.0669 e. The Balaban J connectivity index is 2.76. The van der Waals surface area contributed by atoms with Gasteiger partial charge in [-0.3, -0.25) is 0 Å². The third-order valence-electron chi connectivity index (χ3n) is 2.34. The lowest BCUT2D eigenvalue weighted by atomic mass is 10.0. The van der Waals surface area contributed by atoms with Crippen molar-refractivity contribution in [1.82, 2.24) is 0 Å². The predicted molar refractivity (Wildman–Crippen MR) is 63.1 cm³/mol. The molecule has 2 rings (SSSR count). The fourth-order valence-corrected chi connectivity index (χ4v) is 2.94. The molecular formula is C11H9NS2. The lowest BCUT2D eigenvalue weighted by molar-refractivity contribution is 1.21. The summed E-state index contributed by atoms with van der Waals surface area (Å²) < 4.78 is 1.25. The van der Waals surface area contributed by atoms with Gasteiger partial charge in [0, 0.05) is 15.0 Å². The number of aryl methyl sites for hydroxylation is 1. The summed E-state index contributed by atoms with van der Waals surface area (Å²) >= 11 is 6.13. The van der Waals surface area contributed by atoms with E-state index < -0.39 is 0 Å². The second kappa shape index (κ2) is 3.64. The Morgan fingerprint density at radius 2 is 2.36 bits per heavy atom. The maximum absolute atomic E-state index is 8.69. The molecule has 0 unspecified atom stereocenters. The van der Waals surface area contributed by atoms with E-state index in [1.54, 1.807) is 11.3 Å². The molecule has 14 heavy (non-hydrogen) atoms. The van der Waals surface area contributed by atoms with Crippen molar-refractivity contribution in [3.63, 3.8) is 0 Å². The van der Waals surface area contributed by atoms with E-state index in [1.807, 2.05) is 6.07 Å². The first kappa shape index (κ1) is 9.57. The Kier molecular flexibility index (Phi) is 2.49. The second-order valence-electron chi connectivity index (χ2n) is 3.18. The summed E-state index contributed by atoms with van der Waals surface area (Å²) in [5.41, 5.74) is 2.31. The number of fused-ring (bicyclic) bond motifs is 1. The van der Waals surface area contributed by atoms with Crippen molar-refractivity contribution in [2.45, 2.75) is 18.2 Å². The monoisotopic (exact) mass is 219 g/mol. The van der Waals surface area contributed by atoms with Crippen LogP contribution in [0.15, 0.2) is 22.4 Å². The first-order chi connectivity index (χ1) is 6.74. The summed E-state index contributed by atoms with van der Waals surface area (Å²) in [6.45, 7) is 2.07. The highest BCUT2D eigenvalue weighted by Gasteiger charge is 2.07. The lowest BCUT2D eigenvalue weighted by Crippen LogP contribution is -1.88. The van der Waals surface area contributed by atoms with Gasteiger partial charge in [-0.05, 0) is 35.6 Å². The zero-order chi connectivity index (χ0) is 10.1. The van der Waals surface area contributed by atoms with Gasteiger partial charge in [0.1, 0.15) is 0 Å². The number of nitrogens with zero attached hydrogens (tertiary/aromatic N) is 1. The van der Waals surface area contributed by atoms with Gasteiger partial charge >= 0.3 is 0 Å². The largest absolute Gasteiger partial charge is 0.198 e. The molecule has 3 heteroatoms. The highest BCUT2D eigenvalue weighted by atomic mass is 32.1. The third kappa shape index (κ3) is 1.41. The molecule has 0 fully saturated rings. The van der Waals surface area contributed by atoms with Gasteiger partial charge in [0.25, 0.3) is 0 Å². The highest BCUT2D eigenvalue weighted by molar-refractivity contribution is 7.80. The van der Waals surface area contributed by atoms with Crippen LogP contribution in [0.4, 0.5) is 0 Å². The minimum atomic E-state index is 0.466. The van der Waals surface area contributed by atoms with Crippen molar-refractivity contribution in [3.05, 3.63) is 28.6 Å². The van der Waals surface area contributed by atoms with Crippen molar-refractivity contribution in [2.75, 3.05) is 0 Å². The molecule has 1 aromatic carbocycles. The molecule has 1 aromatic heterocycles. The van der Waals surface area contributed by atoms with E-state index in [1.165, 1.54) is 15.6 Å². The Morgan fingerprint density at radius 3 is 3.07 bits per heavy atom. The molecule has 0 amide bonds. The summed E-state index contributed by atoms with van der Waals surface area (Å²) in [5, 5.41) is 11.9. The molecule has 1 heterocycles. The first-order valence-electron chi connectivity index (χ1n) is 4.29. The number of thiol groups is 1. The summed E-state index contributed by atoms with van der Waals surface area (Å²) in [5.74, 6) is 0. The van der Waals surface area contributed by atoms with Gasteiger partial charge in [-0.25, -0.2) is 0 Å². The van der Waals surface area contributed by atoms with Crippen LogP contribution in [0.5, 0.6) is 0 Å². The quantitative estimate of drug-likeness (QED) is 0.728. The van der Waals surface area contributed by atoms with Crippen molar-refractivity contribution in [2.24, 2.45) is 0 Å². The van der Waals surface area contributed by atoms with Crippen LogP contribution in [0.25, 0.3) is 10.1 Å². The molecule has 70 valence electrons. The molecule has 0 saturated heterocycles. The Hall–Kier alpha value is -0.980. The number of thiophene rings is 1. The zero-order valence-electron chi connectivity index (χ0n) is 7.74. The number of hydrogen-bond acceptors (Lipinski definition) is 3. The minimum absolute atomic E-state index is 0.466. The van der Waals surface area contributed by atoms with Gasteiger partial charge in [-0.2, -0.15) is 5.26 Å². The molecule has 0 N–H and O–H groups in total. The number of nitriles is 1. The van der Waals surface area contributed by atoms with Crippen LogP contribution < -0.4 is 0 Å². The van der Waals surface area contributed by atoms with E-state index >= 15 is 0 Å². The molecule has 0 radical (unpaired) electrons. The molecule has 0 spiro atoms. The van der Waals surface area contributed by atoms with E-state index in [-0.39, 0.29) is 0 Å². The van der Waals surface area contributed by atoms with Gasteiger partial charge < -0.3 is 0 Å². The van der Waals surface area contributed by atoms with E-state index in [4.69, 9.17) is 5.26 Å². The summed E-state index contributed by atoms with van der Waals surface area (Å²) in [6, 6.07) is 6.25. The van der Waals surface area contributed by atoms with Gasteiger partial charge in [-0.1, -0.05) is 0 Å². The van der Waals surface area contributed by atoms with Crippen molar-refractivity contribution >= 4 is 34.1 Å². The fraction of sp³-hybridized carbons (Fsp3) is 0.182. The average molecular weight is 219 g/mol. The summed E-state index contributed by atoms with van der Waals surface area (Å²) in [6.07, 6.45) is 0.466. The van der Waals surface area contributed by atoms with Crippen LogP contribution in [-0.2, 0) is 6.42 Å². The first-order valence-corrected chi connectivity index (χ1v) is 5.62. The Bertz CT molecular complexity index is 520. The predicted octanol–water partition coefficient (Wildman–Crippen LogP) is 3.56. The van der Waals surface area contributed by atoms with Crippen LogP contribution in [0, 0.1) is 18.3 Å². The third-order valence-corrected chi connectivity index (χ3v) is 3.75. The minimum Gasteiger partial charge on any atom is -0.198 e. The molecule has 0 aliphatic heterocycles. The summed E-state index contributed by atoms with van der Waals surface area (Å²) in [7, 11) is 0. The molecule has 0 bridgehead atoms. The van der Waals surface area contributed by atoms with Crippen LogP contribution in [0.2, 0.25) is 0 Å². The number of benzene rings is 1. The molecule has 1 nitrogen and oxygen atoms in total. The van der Waals surface area contributed by atoms with Crippen LogP contribution in [-0.4, -0.2) is 0 Å². The van der Waals surface area contributed by atoms with Crippen molar-refractivity contribution in [3.8, 4) is 6.07 Å². The highest BCUT2D eigenvalue weighted by Crippen LogP contribution is 2.32. The van der Waals surface area contributed by atoms with Gasteiger partial charge in [-0.15, -0.1) is 24.0 Å². The van der Waals surface area contributed by atoms with Crippen LogP contribution in [0.1, 0.15) is 11.1 Å².